The molecule has 3 rings (SSSR count). The number of hydrogen-bond acceptors (Lipinski definition) is 4. The number of halogens is 1. The summed E-state index contributed by atoms with van der Waals surface area (Å²) in [5.74, 6) is -1.33. The number of carbonyl (C=O) groups is 2. The van der Waals surface area contributed by atoms with Gasteiger partial charge >= 0.3 is 5.97 Å². The van der Waals surface area contributed by atoms with E-state index in [0.717, 1.165) is 27.7 Å². The van der Waals surface area contributed by atoms with Gasteiger partial charge in [0.15, 0.2) is 0 Å². The molecule has 0 unspecified atom stereocenters. The van der Waals surface area contributed by atoms with Crippen LogP contribution in [0.15, 0.2) is 54.6 Å². The Morgan fingerprint density at radius 2 is 1.81 bits per heavy atom. The van der Waals surface area contributed by atoms with Gasteiger partial charge in [-0.25, -0.2) is 4.39 Å². The van der Waals surface area contributed by atoms with Crippen LogP contribution < -0.4 is 0 Å². The molecule has 1 heterocycles. The summed E-state index contributed by atoms with van der Waals surface area (Å²) in [5, 5.41) is 11.4. The van der Waals surface area contributed by atoms with Gasteiger partial charge in [-0.15, -0.1) is 0 Å². The van der Waals surface area contributed by atoms with Crippen LogP contribution in [0.2, 0.25) is 0 Å². The molecule has 1 atom stereocenters. The van der Waals surface area contributed by atoms with Gasteiger partial charge in [-0.05, 0) is 43.7 Å². The molecule has 0 saturated carbocycles. The molecule has 31 heavy (non-hydrogen) atoms. The van der Waals surface area contributed by atoms with Gasteiger partial charge in [0.05, 0.1) is 13.2 Å². The largest absolute Gasteiger partial charge is 0.469 e. The summed E-state index contributed by atoms with van der Waals surface area (Å²) in [7, 11) is 1.22. The Balaban J connectivity index is 2.04. The topological polar surface area (TPSA) is 68.5 Å². The highest BCUT2D eigenvalue weighted by atomic mass is 19.1. The third kappa shape index (κ3) is 5.09. The van der Waals surface area contributed by atoms with Gasteiger partial charge in [0.1, 0.15) is 18.0 Å². The molecule has 2 aromatic carbocycles. The van der Waals surface area contributed by atoms with E-state index >= 15 is 0 Å². The fourth-order valence-electron chi connectivity index (χ4n) is 3.73. The number of ether oxygens (including phenoxy) is 1. The Morgan fingerprint density at radius 1 is 1.13 bits per heavy atom. The van der Waals surface area contributed by atoms with Crippen LogP contribution in [0.25, 0.3) is 28.1 Å². The van der Waals surface area contributed by atoms with E-state index in [4.69, 9.17) is 0 Å². The molecule has 5 nitrogen and oxygen atoms in total. The number of esters is 1. The van der Waals surface area contributed by atoms with Gasteiger partial charge in [0.2, 0.25) is 0 Å². The van der Waals surface area contributed by atoms with Gasteiger partial charge < -0.3 is 14.4 Å². The summed E-state index contributed by atoms with van der Waals surface area (Å²) in [6, 6.07) is 14.4. The maximum atomic E-state index is 13.5. The molecule has 0 spiro atoms. The molecule has 3 aromatic rings. The molecule has 0 saturated heterocycles. The minimum Gasteiger partial charge on any atom is -0.469 e. The summed E-state index contributed by atoms with van der Waals surface area (Å²) >= 11 is 0. The fourth-order valence-corrected chi connectivity index (χ4v) is 3.73. The second kappa shape index (κ2) is 9.71. The zero-order valence-electron chi connectivity index (χ0n) is 17.8. The normalized spacial score (nSPS) is 12.6. The summed E-state index contributed by atoms with van der Waals surface area (Å²) in [5.41, 5.74) is 3.65. The van der Waals surface area contributed by atoms with Crippen molar-refractivity contribution in [3.8, 4) is 11.1 Å². The van der Waals surface area contributed by atoms with Crippen molar-refractivity contribution in [3.63, 3.8) is 0 Å². The number of benzene rings is 2. The second-order valence-corrected chi connectivity index (χ2v) is 7.67. The number of aromatic nitrogens is 1. The molecule has 0 aliphatic rings. The molecule has 0 aliphatic heterocycles. The van der Waals surface area contributed by atoms with E-state index in [9.17, 15) is 19.1 Å². The van der Waals surface area contributed by atoms with Crippen LogP contribution in [0.1, 0.15) is 38.4 Å². The quantitative estimate of drug-likeness (QED) is 0.412. The number of rotatable bonds is 8. The molecular weight excluding hydrogens is 397 g/mol. The molecule has 1 N–H and O–H groups in total. The van der Waals surface area contributed by atoms with Crippen molar-refractivity contribution >= 4 is 28.7 Å². The monoisotopic (exact) mass is 423 g/mol. The zero-order valence-corrected chi connectivity index (χ0v) is 17.8. The van der Waals surface area contributed by atoms with Crippen LogP contribution in [-0.2, 0) is 14.3 Å². The Kier molecular flexibility index (Phi) is 7.02. The van der Waals surface area contributed by atoms with Crippen molar-refractivity contribution in [1.29, 1.82) is 0 Å². The van der Waals surface area contributed by atoms with Gasteiger partial charge in [-0.1, -0.05) is 36.4 Å². The predicted molar refractivity (Wildman–Crippen MR) is 119 cm³/mol. The standard InChI is InChI=1S/C25H26FNO4/c1-16(2)27-22-7-5-4-6-21(22)25(17-8-10-18(26)11-9-17)23(27)13-12-19(28)14-20(29)15-24(30)31-3/h4-13,16,19,28H,14-15H2,1-3H3/b13-12-/t19-/m1/s1. The van der Waals surface area contributed by atoms with Crippen molar-refractivity contribution in [2.45, 2.75) is 38.8 Å². The molecule has 6 heteroatoms. The number of aliphatic hydroxyl groups excluding tert-OH is 1. The number of aliphatic hydroxyl groups is 1. The predicted octanol–water partition coefficient (Wildman–Crippen LogP) is 4.92. The lowest BCUT2D eigenvalue weighted by atomic mass is 10.0. The first kappa shape index (κ1) is 22.4. The van der Waals surface area contributed by atoms with E-state index in [0.29, 0.717) is 0 Å². The third-order valence-corrected chi connectivity index (χ3v) is 5.08. The number of para-hydroxylation sites is 1. The molecule has 0 amide bonds. The van der Waals surface area contributed by atoms with Gasteiger partial charge in [-0.2, -0.15) is 0 Å². The van der Waals surface area contributed by atoms with E-state index in [1.807, 2.05) is 24.3 Å². The first-order chi connectivity index (χ1) is 14.8. The van der Waals surface area contributed by atoms with Gasteiger partial charge in [0.25, 0.3) is 0 Å². The van der Waals surface area contributed by atoms with Crippen LogP contribution in [0.3, 0.4) is 0 Å². The number of fused-ring (bicyclic) bond motifs is 1. The second-order valence-electron chi connectivity index (χ2n) is 7.67. The molecule has 162 valence electrons. The Morgan fingerprint density at radius 3 is 2.45 bits per heavy atom. The van der Waals surface area contributed by atoms with Crippen LogP contribution in [0, 0.1) is 5.82 Å². The van der Waals surface area contributed by atoms with Crippen LogP contribution in [0.5, 0.6) is 0 Å². The first-order valence-corrected chi connectivity index (χ1v) is 10.2. The van der Waals surface area contributed by atoms with Crippen LogP contribution in [-0.4, -0.2) is 34.6 Å². The SMILES string of the molecule is COC(=O)CC(=O)C[C@H](O)/C=C\c1c(-c2ccc(F)cc2)c2ccccc2n1C(C)C. The van der Waals surface area contributed by atoms with Crippen LogP contribution in [0.4, 0.5) is 4.39 Å². The Labute approximate surface area is 180 Å². The number of nitrogens with zero attached hydrogens (tertiary/aromatic N) is 1. The van der Waals surface area contributed by atoms with Crippen molar-refractivity contribution in [3.05, 3.63) is 66.1 Å². The Bertz CT molecular complexity index is 1110. The maximum absolute atomic E-state index is 13.5. The minimum absolute atomic E-state index is 0.122. The van der Waals surface area contributed by atoms with Gasteiger partial charge in [-0.3, -0.25) is 9.59 Å². The Hall–Kier alpha value is -3.25. The summed E-state index contributed by atoms with van der Waals surface area (Å²) in [6.07, 6.45) is 1.75. The lowest BCUT2D eigenvalue weighted by molar-refractivity contribution is -0.143. The number of Topliss-reactive ketones (excluding diaryl/α,β-unsaturated/α-hetero) is 1. The molecule has 0 aliphatic carbocycles. The zero-order chi connectivity index (χ0) is 22.5. The molecule has 1 aromatic heterocycles. The molecule has 0 radical (unpaired) electrons. The van der Waals surface area contributed by atoms with E-state index in [2.05, 4.69) is 23.2 Å². The van der Waals surface area contributed by atoms with Crippen molar-refractivity contribution in [2.24, 2.45) is 0 Å². The maximum Gasteiger partial charge on any atom is 0.313 e. The molecule has 0 fully saturated rings. The third-order valence-electron chi connectivity index (χ3n) is 5.08. The lowest BCUT2D eigenvalue weighted by Crippen LogP contribution is -2.15. The highest BCUT2D eigenvalue weighted by Crippen LogP contribution is 2.38. The van der Waals surface area contributed by atoms with Crippen molar-refractivity contribution in [1.82, 2.24) is 4.57 Å². The number of methoxy groups -OCH3 is 1. The first-order valence-electron chi connectivity index (χ1n) is 10.2. The van der Waals surface area contributed by atoms with Crippen molar-refractivity contribution < 1.29 is 23.8 Å². The summed E-state index contributed by atoms with van der Waals surface area (Å²) in [6.45, 7) is 4.13. The summed E-state index contributed by atoms with van der Waals surface area (Å²) < 4.78 is 20.2. The van der Waals surface area contributed by atoms with Crippen molar-refractivity contribution in [2.75, 3.05) is 7.11 Å². The van der Waals surface area contributed by atoms with Gasteiger partial charge in [0, 0.05) is 34.6 Å². The number of carbonyl (C=O) groups excluding carboxylic acids is 2. The molecular formula is C25H26FNO4. The van der Waals surface area contributed by atoms with E-state index in [1.165, 1.54) is 19.2 Å². The fraction of sp³-hybridized carbons (Fsp3) is 0.280. The smallest absolute Gasteiger partial charge is 0.313 e. The van der Waals surface area contributed by atoms with E-state index in [-0.39, 0.29) is 24.7 Å². The lowest BCUT2D eigenvalue weighted by Gasteiger charge is -2.14. The summed E-state index contributed by atoms with van der Waals surface area (Å²) in [4.78, 5) is 23.2. The highest BCUT2D eigenvalue weighted by Gasteiger charge is 2.19. The molecule has 0 bridgehead atoms. The highest BCUT2D eigenvalue weighted by molar-refractivity contribution is 6.01. The minimum atomic E-state index is -1.04. The number of ketones is 1. The average Bonchev–Trinajstić information content (AvgIpc) is 3.07. The van der Waals surface area contributed by atoms with E-state index < -0.39 is 17.9 Å². The van der Waals surface area contributed by atoms with E-state index in [1.54, 1.807) is 24.3 Å². The van der Waals surface area contributed by atoms with Crippen LogP contribution >= 0.6 is 0 Å². The number of hydrogen-bond donors (Lipinski definition) is 1. The average molecular weight is 423 g/mol.